The molecule has 12 heavy (non-hydrogen) atoms. The summed E-state index contributed by atoms with van der Waals surface area (Å²) in [6, 6.07) is 4.54. The number of anilines is 1. The average Bonchev–Trinajstić information content (AvgIpc) is 1.81. The molecule has 2 nitrogen and oxygen atoms in total. The minimum atomic E-state index is -0.297. The summed E-state index contributed by atoms with van der Waals surface area (Å²) in [5, 5.41) is 2.79. The maximum atomic E-state index is 12.8. The van der Waals surface area contributed by atoms with Crippen LogP contribution in [0, 0.1) is 12.7 Å². The third-order valence-corrected chi connectivity index (χ3v) is 1.41. The van der Waals surface area contributed by atoms with Gasteiger partial charge in [0.25, 0.3) is 0 Å². The first-order valence-corrected chi connectivity index (χ1v) is 3.82. The first-order valence-electron chi connectivity index (χ1n) is 3.41. The van der Waals surface area contributed by atoms with Gasteiger partial charge in [0.2, 0.25) is 0 Å². The number of halogens is 1. The molecule has 0 aliphatic heterocycles. The summed E-state index contributed by atoms with van der Waals surface area (Å²) in [6.07, 6.45) is 0. The Morgan fingerprint density at radius 2 is 2.17 bits per heavy atom. The molecular weight excluding hydrogens is 175 g/mol. The largest absolute Gasteiger partial charge is 0.376 e. The van der Waals surface area contributed by atoms with Crippen molar-refractivity contribution in [2.75, 3.05) is 5.32 Å². The summed E-state index contributed by atoms with van der Waals surface area (Å²) in [5.74, 6) is -0.297. The van der Waals surface area contributed by atoms with Gasteiger partial charge >= 0.3 is 0 Å². The van der Waals surface area contributed by atoms with E-state index in [-0.39, 0.29) is 10.9 Å². The fourth-order valence-electron chi connectivity index (χ4n) is 0.951. The van der Waals surface area contributed by atoms with Crippen molar-refractivity contribution in [2.45, 2.75) is 6.92 Å². The zero-order chi connectivity index (χ0) is 9.14. The van der Waals surface area contributed by atoms with E-state index in [1.165, 1.54) is 12.1 Å². The van der Waals surface area contributed by atoms with Gasteiger partial charge in [-0.25, -0.2) is 4.39 Å². The van der Waals surface area contributed by atoms with Crippen molar-refractivity contribution < 1.29 is 4.39 Å². The van der Waals surface area contributed by atoms with E-state index in [0.29, 0.717) is 5.69 Å². The molecule has 0 atom stereocenters. The van der Waals surface area contributed by atoms with E-state index < -0.39 is 0 Å². The molecule has 0 fully saturated rings. The van der Waals surface area contributed by atoms with E-state index in [2.05, 4.69) is 17.5 Å². The molecule has 0 spiro atoms. The van der Waals surface area contributed by atoms with Gasteiger partial charge in [-0.2, -0.15) is 0 Å². The zero-order valence-electron chi connectivity index (χ0n) is 6.60. The van der Waals surface area contributed by atoms with Crippen LogP contribution in [0.15, 0.2) is 18.2 Å². The lowest BCUT2D eigenvalue weighted by molar-refractivity contribution is 0.627. The van der Waals surface area contributed by atoms with Gasteiger partial charge in [-0.05, 0) is 42.9 Å². The van der Waals surface area contributed by atoms with Gasteiger partial charge in [0.1, 0.15) is 5.82 Å². The van der Waals surface area contributed by atoms with Gasteiger partial charge < -0.3 is 11.1 Å². The van der Waals surface area contributed by atoms with Gasteiger partial charge in [-0.1, -0.05) is 0 Å². The predicted molar refractivity (Wildman–Crippen MR) is 51.5 cm³/mol. The van der Waals surface area contributed by atoms with Crippen molar-refractivity contribution in [1.82, 2.24) is 0 Å². The molecule has 0 saturated heterocycles. The van der Waals surface area contributed by atoms with Crippen LogP contribution in [-0.2, 0) is 0 Å². The van der Waals surface area contributed by atoms with Gasteiger partial charge in [-0.15, -0.1) is 0 Å². The molecule has 0 heterocycles. The van der Waals surface area contributed by atoms with Crippen molar-refractivity contribution in [2.24, 2.45) is 5.73 Å². The van der Waals surface area contributed by atoms with E-state index in [1.807, 2.05) is 0 Å². The number of rotatable bonds is 1. The van der Waals surface area contributed by atoms with Gasteiger partial charge in [0.05, 0.1) is 0 Å². The van der Waals surface area contributed by atoms with E-state index in [4.69, 9.17) is 5.73 Å². The second-order valence-corrected chi connectivity index (χ2v) is 2.95. The lowest BCUT2D eigenvalue weighted by Crippen LogP contribution is -2.18. The Bertz CT molecular complexity index is 292. The van der Waals surface area contributed by atoms with Crippen molar-refractivity contribution >= 4 is 23.0 Å². The Kier molecular flexibility index (Phi) is 2.60. The number of benzene rings is 1. The summed E-state index contributed by atoms with van der Waals surface area (Å²) in [6.45, 7) is 1.80. The highest BCUT2D eigenvalue weighted by Gasteiger charge is 1.97. The van der Waals surface area contributed by atoms with E-state index in [9.17, 15) is 4.39 Å². The lowest BCUT2D eigenvalue weighted by atomic mass is 10.2. The summed E-state index contributed by atoms with van der Waals surface area (Å²) >= 11 is 4.61. The monoisotopic (exact) mass is 184 g/mol. The molecule has 0 aliphatic carbocycles. The van der Waals surface area contributed by atoms with Crippen LogP contribution in [-0.4, -0.2) is 5.11 Å². The second kappa shape index (κ2) is 3.49. The standard InChI is InChI=1S/C8H9FN2S/c1-5-2-6(9)4-7(3-5)11-8(10)12/h2-4H,1H3,(H3,10,11,12). The molecule has 4 heteroatoms. The summed E-state index contributed by atoms with van der Waals surface area (Å²) in [4.78, 5) is 0. The highest BCUT2D eigenvalue weighted by molar-refractivity contribution is 7.80. The van der Waals surface area contributed by atoms with Crippen LogP contribution in [0.25, 0.3) is 0 Å². The van der Waals surface area contributed by atoms with E-state index >= 15 is 0 Å². The van der Waals surface area contributed by atoms with Crippen LogP contribution in [0.1, 0.15) is 5.56 Å². The Labute approximate surface area is 75.6 Å². The molecule has 64 valence electrons. The predicted octanol–water partition coefficient (Wildman–Crippen LogP) is 1.79. The fourth-order valence-corrected chi connectivity index (χ4v) is 1.07. The van der Waals surface area contributed by atoms with Crippen LogP contribution in [0.5, 0.6) is 0 Å². The molecule has 0 bridgehead atoms. The Morgan fingerprint density at radius 3 is 2.67 bits per heavy atom. The van der Waals surface area contributed by atoms with Crippen LogP contribution < -0.4 is 11.1 Å². The van der Waals surface area contributed by atoms with Crippen LogP contribution in [0.4, 0.5) is 10.1 Å². The first kappa shape index (κ1) is 8.93. The maximum Gasteiger partial charge on any atom is 0.168 e. The molecule has 0 aromatic heterocycles. The average molecular weight is 184 g/mol. The summed E-state index contributed by atoms with van der Waals surface area (Å²) in [7, 11) is 0. The molecule has 3 N–H and O–H groups in total. The first-order chi connectivity index (χ1) is 5.58. The Balaban J connectivity index is 2.93. The van der Waals surface area contributed by atoms with Crippen molar-refractivity contribution in [3.63, 3.8) is 0 Å². The number of nitrogens with one attached hydrogen (secondary N) is 1. The van der Waals surface area contributed by atoms with Crippen molar-refractivity contribution in [3.8, 4) is 0 Å². The second-order valence-electron chi connectivity index (χ2n) is 2.51. The molecule has 0 aliphatic rings. The van der Waals surface area contributed by atoms with Gasteiger partial charge in [0, 0.05) is 5.69 Å². The molecule has 1 aromatic rings. The molecule has 0 amide bonds. The lowest BCUT2D eigenvalue weighted by Gasteiger charge is -2.04. The third kappa shape index (κ3) is 2.47. The smallest absolute Gasteiger partial charge is 0.168 e. The number of hydrogen-bond donors (Lipinski definition) is 2. The number of thiocarbonyl (C=S) groups is 1. The third-order valence-electron chi connectivity index (χ3n) is 1.31. The maximum absolute atomic E-state index is 12.8. The van der Waals surface area contributed by atoms with Crippen molar-refractivity contribution in [1.29, 1.82) is 0 Å². The molecule has 0 saturated carbocycles. The van der Waals surface area contributed by atoms with Crippen LogP contribution in [0.2, 0.25) is 0 Å². The fraction of sp³-hybridized carbons (Fsp3) is 0.125. The molecule has 0 unspecified atom stereocenters. The normalized spacial score (nSPS) is 9.50. The minimum Gasteiger partial charge on any atom is -0.376 e. The topological polar surface area (TPSA) is 38.0 Å². The Hall–Kier alpha value is -1.16. The number of nitrogens with two attached hydrogens (primary N) is 1. The SMILES string of the molecule is Cc1cc(F)cc(NC(N)=S)c1. The number of aryl methyl sites for hydroxylation is 1. The molecule has 1 rings (SSSR count). The van der Waals surface area contributed by atoms with Gasteiger partial charge in [-0.3, -0.25) is 0 Å². The van der Waals surface area contributed by atoms with Gasteiger partial charge in [0.15, 0.2) is 5.11 Å². The molecule has 0 radical (unpaired) electrons. The number of hydrogen-bond acceptors (Lipinski definition) is 1. The zero-order valence-corrected chi connectivity index (χ0v) is 7.41. The van der Waals surface area contributed by atoms with E-state index in [1.54, 1.807) is 13.0 Å². The van der Waals surface area contributed by atoms with Crippen LogP contribution in [0.3, 0.4) is 0 Å². The summed E-state index contributed by atoms with van der Waals surface area (Å²) < 4.78 is 12.8. The van der Waals surface area contributed by atoms with Crippen LogP contribution >= 0.6 is 12.2 Å². The quantitative estimate of drug-likeness (QED) is 0.653. The highest BCUT2D eigenvalue weighted by Crippen LogP contribution is 2.12. The summed E-state index contributed by atoms with van der Waals surface area (Å²) in [5.41, 5.74) is 6.63. The molecule has 1 aromatic carbocycles. The molecular formula is C8H9FN2S. The van der Waals surface area contributed by atoms with E-state index in [0.717, 1.165) is 5.56 Å². The minimum absolute atomic E-state index is 0.139. The van der Waals surface area contributed by atoms with Crippen molar-refractivity contribution in [3.05, 3.63) is 29.6 Å². The Morgan fingerprint density at radius 1 is 1.50 bits per heavy atom. The highest BCUT2D eigenvalue weighted by atomic mass is 32.1.